The van der Waals surface area contributed by atoms with Crippen molar-refractivity contribution in [1.82, 2.24) is 10.2 Å². The molecule has 29 heavy (non-hydrogen) atoms. The third kappa shape index (κ3) is 5.79. The molecule has 3 rings (SSSR count). The average Bonchev–Trinajstić information content (AvgIpc) is 2.74. The zero-order chi connectivity index (χ0) is 20.8. The minimum atomic E-state index is -0.307. The van der Waals surface area contributed by atoms with Crippen LogP contribution in [0, 0.1) is 17.7 Å². The lowest BCUT2D eigenvalue weighted by atomic mass is 9.96. The summed E-state index contributed by atoms with van der Waals surface area (Å²) in [7, 11) is 0. The monoisotopic (exact) mass is 398 g/mol. The molecule has 0 spiro atoms. The van der Waals surface area contributed by atoms with Gasteiger partial charge in [0.1, 0.15) is 17.3 Å². The van der Waals surface area contributed by atoms with Crippen molar-refractivity contribution < 1.29 is 18.7 Å². The van der Waals surface area contributed by atoms with Crippen LogP contribution in [0.15, 0.2) is 48.5 Å². The number of hydrogen-bond donors (Lipinski definition) is 1. The predicted molar refractivity (Wildman–Crippen MR) is 109 cm³/mol. The largest absolute Gasteiger partial charge is 0.457 e. The number of nitrogens with zero attached hydrogens (tertiary/aromatic N) is 1. The van der Waals surface area contributed by atoms with Crippen LogP contribution in [0.3, 0.4) is 0 Å². The normalized spacial score (nSPS) is 16.6. The summed E-state index contributed by atoms with van der Waals surface area (Å²) in [5.74, 6) is 0.780. The Balaban J connectivity index is 1.49. The SMILES string of the molecule is CC(C)C(=O)N1CCCC(C(=O)NCc2ccc(Oc3ccc(F)cc3)cc2)C1. The zero-order valence-corrected chi connectivity index (χ0v) is 16.9. The van der Waals surface area contributed by atoms with Crippen molar-refractivity contribution in [2.24, 2.45) is 11.8 Å². The molecular weight excluding hydrogens is 371 g/mol. The molecule has 1 aliphatic rings. The number of rotatable bonds is 6. The van der Waals surface area contributed by atoms with Gasteiger partial charge in [-0.2, -0.15) is 0 Å². The minimum absolute atomic E-state index is 0.0158. The molecule has 1 atom stereocenters. The topological polar surface area (TPSA) is 58.6 Å². The number of likely N-dealkylation sites (tertiary alicyclic amines) is 1. The van der Waals surface area contributed by atoms with Crippen molar-refractivity contribution in [3.05, 3.63) is 59.9 Å². The number of nitrogens with one attached hydrogen (secondary N) is 1. The van der Waals surface area contributed by atoms with E-state index in [2.05, 4.69) is 5.32 Å². The lowest BCUT2D eigenvalue weighted by Crippen LogP contribution is -2.46. The fourth-order valence-electron chi connectivity index (χ4n) is 3.40. The second kappa shape index (κ2) is 9.54. The number of amides is 2. The number of benzene rings is 2. The number of carbonyl (C=O) groups is 2. The zero-order valence-electron chi connectivity index (χ0n) is 16.9. The molecular formula is C23H27FN2O3. The quantitative estimate of drug-likeness (QED) is 0.796. The van der Waals surface area contributed by atoms with Gasteiger partial charge in [0.2, 0.25) is 11.8 Å². The van der Waals surface area contributed by atoms with Gasteiger partial charge in [-0.05, 0) is 54.8 Å². The van der Waals surface area contributed by atoms with Gasteiger partial charge in [-0.3, -0.25) is 9.59 Å². The van der Waals surface area contributed by atoms with Crippen molar-refractivity contribution in [2.45, 2.75) is 33.2 Å². The number of piperidine rings is 1. The van der Waals surface area contributed by atoms with Crippen molar-refractivity contribution >= 4 is 11.8 Å². The molecule has 0 aromatic heterocycles. The van der Waals surface area contributed by atoms with E-state index in [1.807, 2.05) is 38.1 Å². The van der Waals surface area contributed by atoms with Gasteiger partial charge < -0.3 is 15.0 Å². The summed E-state index contributed by atoms with van der Waals surface area (Å²) in [6, 6.07) is 13.2. The lowest BCUT2D eigenvalue weighted by molar-refractivity contribution is -0.138. The average molecular weight is 398 g/mol. The maximum Gasteiger partial charge on any atom is 0.225 e. The Hall–Kier alpha value is -2.89. The van der Waals surface area contributed by atoms with E-state index in [-0.39, 0.29) is 29.5 Å². The van der Waals surface area contributed by atoms with Gasteiger partial charge >= 0.3 is 0 Å². The molecule has 154 valence electrons. The molecule has 1 aliphatic heterocycles. The third-order valence-corrected chi connectivity index (χ3v) is 5.04. The molecule has 2 aromatic rings. The molecule has 6 heteroatoms. The van der Waals surface area contributed by atoms with Crippen LogP contribution >= 0.6 is 0 Å². The first-order valence-electron chi connectivity index (χ1n) is 10.0. The minimum Gasteiger partial charge on any atom is -0.457 e. The summed E-state index contributed by atoms with van der Waals surface area (Å²) in [6.45, 7) is 5.42. The molecule has 1 saturated heterocycles. The van der Waals surface area contributed by atoms with E-state index in [0.717, 1.165) is 24.9 Å². The van der Waals surface area contributed by atoms with Crippen LogP contribution in [0.25, 0.3) is 0 Å². The van der Waals surface area contributed by atoms with E-state index in [1.54, 1.807) is 17.0 Å². The van der Waals surface area contributed by atoms with Gasteiger partial charge in [-0.15, -0.1) is 0 Å². The van der Waals surface area contributed by atoms with Crippen molar-refractivity contribution in [1.29, 1.82) is 0 Å². The summed E-state index contributed by atoms with van der Waals surface area (Å²) >= 11 is 0. The molecule has 1 heterocycles. The Morgan fingerprint density at radius 2 is 1.72 bits per heavy atom. The van der Waals surface area contributed by atoms with Crippen LogP contribution in [0.1, 0.15) is 32.3 Å². The van der Waals surface area contributed by atoms with E-state index in [0.29, 0.717) is 24.6 Å². The van der Waals surface area contributed by atoms with Crippen LogP contribution in [-0.2, 0) is 16.1 Å². The van der Waals surface area contributed by atoms with Crippen molar-refractivity contribution in [3.8, 4) is 11.5 Å². The van der Waals surface area contributed by atoms with Gasteiger partial charge in [0.15, 0.2) is 0 Å². The standard InChI is InChI=1S/C23H27FN2O3/c1-16(2)23(28)26-13-3-4-18(15-26)22(27)25-14-17-5-9-20(10-6-17)29-21-11-7-19(24)8-12-21/h5-12,16,18H,3-4,13-15H2,1-2H3,(H,25,27). The Bertz CT molecular complexity index is 834. The Morgan fingerprint density at radius 3 is 2.34 bits per heavy atom. The molecule has 1 N–H and O–H groups in total. The summed E-state index contributed by atoms with van der Waals surface area (Å²) in [4.78, 5) is 26.5. The van der Waals surface area contributed by atoms with E-state index in [9.17, 15) is 14.0 Å². The van der Waals surface area contributed by atoms with Gasteiger partial charge in [-0.25, -0.2) is 4.39 Å². The van der Waals surface area contributed by atoms with E-state index in [4.69, 9.17) is 4.74 Å². The maximum absolute atomic E-state index is 12.9. The fraction of sp³-hybridized carbons (Fsp3) is 0.391. The van der Waals surface area contributed by atoms with Crippen LogP contribution in [0.2, 0.25) is 0 Å². The molecule has 2 aromatic carbocycles. The summed E-state index contributed by atoms with van der Waals surface area (Å²) in [6.07, 6.45) is 1.66. The second-order valence-electron chi connectivity index (χ2n) is 7.70. The molecule has 0 saturated carbocycles. The highest BCUT2D eigenvalue weighted by atomic mass is 19.1. The third-order valence-electron chi connectivity index (χ3n) is 5.04. The van der Waals surface area contributed by atoms with Gasteiger partial charge in [-0.1, -0.05) is 26.0 Å². The van der Waals surface area contributed by atoms with Gasteiger partial charge in [0, 0.05) is 25.6 Å². The highest BCUT2D eigenvalue weighted by Crippen LogP contribution is 2.22. The first-order chi connectivity index (χ1) is 13.9. The molecule has 0 radical (unpaired) electrons. The maximum atomic E-state index is 12.9. The molecule has 2 amide bonds. The summed E-state index contributed by atoms with van der Waals surface area (Å²) in [5.41, 5.74) is 0.954. The van der Waals surface area contributed by atoms with E-state index >= 15 is 0 Å². The van der Waals surface area contributed by atoms with E-state index in [1.165, 1.54) is 12.1 Å². The Morgan fingerprint density at radius 1 is 1.10 bits per heavy atom. The van der Waals surface area contributed by atoms with Gasteiger partial charge in [0.05, 0.1) is 5.92 Å². The molecule has 0 aliphatic carbocycles. The molecule has 5 nitrogen and oxygen atoms in total. The number of hydrogen-bond acceptors (Lipinski definition) is 3. The lowest BCUT2D eigenvalue weighted by Gasteiger charge is -2.33. The first-order valence-corrected chi connectivity index (χ1v) is 10.0. The second-order valence-corrected chi connectivity index (χ2v) is 7.70. The van der Waals surface area contributed by atoms with E-state index < -0.39 is 0 Å². The van der Waals surface area contributed by atoms with Gasteiger partial charge in [0.25, 0.3) is 0 Å². The number of halogens is 1. The van der Waals surface area contributed by atoms with Crippen LogP contribution in [0.5, 0.6) is 11.5 Å². The molecule has 1 fully saturated rings. The highest BCUT2D eigenvalue weighted by molar-refractivity contribution is 5.82. The fourth-order valence-corrected chi connectivity index (χ4v) is 3.40. The smallest absolute Gasteiger partial charge is 0.225 e. The molecule has 0 bridgehead atoms. The Kier molecular flexibility index (Phi) is 6.86. The summed E-state index contributed by atoms with van der Waals surface area (Å²) < 4.78 is 18.6. The Labute approximate surface area is 170 Å². The number of carbonyl (C=O) groups excluding carboxylic acids is 2. The number of ether oxygens (including phenoxy) is 1. The van der Waals surface area contributed by atoms with Crippen LogP contribution < -0.4 is 10.1 Å². The predicted octanol–water partition coefficient (Wildman–Crippen LogP) is 4.13. The van der Waals surface area contributed by atoms with Crippen molar-refractivity contribution in [2.75, 3.05) is 13.1 Å². The van der Waals surface area contributed by atoms with Crippen LogP contribution in [0.4, 0.5) is 4.39 Å². The molecule has 1 unspecified atom stereocenters. The summed E-state index contributed by atoms with van der Waals surface area (Å²) in [5, 5.41) is 2.97. The van der Waals surface area contributed by atoms with Crippen LogP contribution in [-0.4, -0.2) is 29.8 Å². The first kappa shape index (κ1) is 20.8. The van der Waals surface area contributed by atoms with Crippen molar-refractivity contribution in [3.63, 3.8) is 0 Å². The highest BCUT2D eigenvalue weighted by Gasteiger charge is 2.29.